The molecule has 1 heterocycles. The van der Waals surface area contributed by atoms with Crippen LogP contribution in [0.1, 0.15) is 11.4 Å². The molecular weight excluding hydrogens is 408 g/mol. The fourth-order valence-electron chi connectivity index (χ4n) is 2.56. The van der Waals surface area contributed by atoms with E-state index < -0.39 is 0 Å². The molecule has 3 rings (SSSR count). The van der Waals surface area contributed by atoms with Crippen molar-refractivity contribution in [3.63, 3.8) is 0 Å². The van der Waals surface area contributed by atoms with Gasteiger partial charge in [0, 0.05) is 12.2 Å². The van der Waals surface area contributed by atoms with Crippen molar-refractivity contribution in [2.75, 3.05) is 11.1 Å². The summed E-state index contributed by atoms with van der Waals surface area (Å²) >= 11 is 7.50. The molecular formula is C21H21ClN4O2S. The zero-order valence-electron chi connectivity index (χ0n) is 16.0. The van der Waals surface area contributed by atoms with Gasteiger partial charge in [-0.2, -0.15) is 0 Å². The second-order valence-electron chi connectivity index (χ2n) is 6.22. The zero-order chi connectivity index (χ0) is 20.6. The lowest BCUT2D eigenvalue weighted by Crippen LogP contribution is -2.15. The van der Waals surface area contributed by atoms with Crippen molar-refractivity contribution in [3.8, 4) is 5.75 Å². The number of thioether (sulfide) groups is 1. The van der Waals surface area contributed by atoms with E-state index in [1.165, 1.54) is 11.8 Å². The number of nitrogens with zero attached hydrogens (tertiary/aromatic N) is 3. The predicted molar refractivity (Wildman–Crippen MR) is 117 cm³/mol. The summed E-state index contributed by atoms with van der Waals surface area (Å²) < 4.78 is 7.70. The van der Waals surface area contributed by atoms with Gasteiger partial charge in [0.1, 0.15) is 12.4 Å². The molecule has 0 radical (unpaired) electrons. The first-order valence-electron chi connectivity index (χ1n) is 8.96. The molecule has 0 spiro atoms. The summed E-state index contributed by atoms with van der Waals surface area (Å²) in [6.45, 7) is 6.48. The Morgan fingerprint density at radius 2 is 2.07 bits per heavy atom. The molecule has 0 aliphatic rings. The van der Waals surface area contributed by atoms with Gasteiger partial charge in [-0.05, 0) is 36.8 Å². The number of benzene rings is 2. The molecule has 8 heteroatoms. The molecule has 1 aromatic heterocycles. The molecule has 0 saturated carbocycles. The Bertz CT molecular complexity index is 992. The molecule has 1 amide bonds. The van der Waals surface area contributed by atoms with Crippen LogP contribution < -0.4 is 10.1 Å². The smallest absolute Gasteiger partial charge is 0.234 e. The minimum absolute atomic E-state index is 0.112. The first-order chi connectivity index (χ1) is 14.1. The van der Waals surface area contributed by atoms with Gasteiger partial charge in [0.05, 0.1) is 10.8 Å². The van der Waals surface area contributed by atoms with Crippen LogP contribution in [0.4, 0.5) is 5.69 Å². The monoisotopic (exact) mass is 428 g/mol. The number of aryl methyl sites for hydroxylation is 1. The van der Waals surface area contributed by atoms with Gasteiger partial charge in [-0.3, -0.25) is 9.36 Å². The van der Waals surface area contributed by atoms with Crippen molar-refractivity contribution < 1.29 is 9.53 Å². The second kappa shape index (κ2) is 10.1. The highest BCUT2D eigenvalue weighted by molar-refractivity contribution is 7.99. The number of hydrogen-bond donors (Lipinski definition) is 1. The Morgan fingerprint density at radius 3 is 2.83 bits per heavy atom. The molecule has 0 bridgehead atoms. The van der Waals surface area contributed by atoms with Gasteiger partial charge in [-0.1, -0.05) is 53.7 Å². The van der Waals surface area contributed by atoms with Gasteiger partial charge in [0.2, 0.25) is 5.91 Å². The number of carbonyl (C=O) groups excluding carboxylic acids is 1. The number of nitrogens with one attached hydrogen (secondary N) is 1. The minimum atomic E-state index is -0.112. The number of aromatic nitrogens is 3. The van der Waals surface area contributed by atoms with E-state index in [2.05, 4.69) is 22.1 Å². The van der Waals surface area contributed by atoms with E-state index in [-0.39, 0.29) is 18.3 Å². The van der Waals surface area contributed by atoms with Gasteiger partial charge >= 0.3 is 0 Å². The molecule has 29 heavy (non-hydrogen) atoms. The van der Waals surface area contributed by atoms with Crippen molar-refractivity contribution in [2.24, 2.45) is 0 Å². The van der Waals surface area contributed by atoms with Crippen LogP contribution in [0, 0.1) is 6.92 Å². The molecule has 150 valence electrons. The Balaban J connectivity index is 1.64. The molecule has 0 fully saturated rings. The summed E-state index contributed by atoms with van der Waals surface area (Å²) in [5.41, 5.74) is 1.81. The number of amides is 1. The van der Waals surface area contributed by atoms with Crippen molar-refractivity contribution in [1.82, 2.24) is 14.8 Å². The topological polar surface area (TPSA) is 69.0 Å². The quantitative estimate of drug-likeness (QED) is 0.394. The highest BCUT2D eigenvalue weighted by Gasteiger charge is 2.15. The molecule has 0 aliphatic carbocycles. The lowest BCUT2D eigenvalue weighted by atomic mass is 10.2. The Morgan fingerprint density at radius 1 is 1.28 bits per heavy atom. The molecule has 2 aromatic carbocycles. The number of para-hydroxylation sites is 1. The number of allylic oxidation sites excluding steroid dienone is 1. The molecule has 3 aromatic rings. The summed E-state index contributed by atoms with van der Waals surface area (Å²) in [6, 6.07) is 14.9. The zero-order valence-corrected chi connectivity index (χ0v) is 17.5. The third kappa shape index (κ3) is 5.85. The van der Waals surface area contributed by atoms with Gasteiger partial charge < -0.3 is 10.1 Å². The van der Waals surface area contributed by atoms with Gasteiger partial charge in [0.25, 0.3) is 0 Å². The lowest BCUT2D eigenvalue weighted by Gasteiger charge is -2.10. The Kier molecular flexibility index (Phi) is 7.32. The van der Waals surface area contributed by atoms with Crippen LogP contribution in [0.2, 0.25) is 5.02 Å². The van der Waals surface area contributed by atoms with Crippen LogP contribution in [-0.4, -0.2) is 26.4 Å². The van der Waals surface area contributed by atoms with Crippen LogP contribution in [0.25, 0.3) is 0 Å². The first kappa shape index (κ1) is 21.0. The highest BCUT2D eigenvalue weighted by atomic mass is 35.5. The number of halogens is 1. The largest absolute Gasteiger partial charge is 0.484 e. The standard InChI is InChI=1S/C21H21ClN4O2S/c1-3-11-26-19(13-28-18-12-15(2)9-10-17(18)22)24-25-21(26)29-14-20(27)23-16-7-5-4-6-8-16/h3-10,12H,1,11,13-14H2,2H3,(H,23,27). The summed E-state index contributed by atoms with van der Waals surface area (Å²) in [4.78, 5) is 12.2. The average Bonchev–Trinajstić information content (AvgIpc) is 3.10. The number of rotatable bonds is 9. The van der Waals surface area contributed by atoms with Crippen LogP contribution in [0.5, 0.6) is 5.75 Å². The van der Waals surface area contributed by atoms with E-state index >= 15 is 0 Å². The van der Waals surface area contributed by atoms with E-state index in [1.807, 2.05) is 54.0 Å². The number of carbonyl (C=O) groups is 1. The fraction of sp³-hybridized carbons (Fsp3) is 0.190. The predicted octanol–water partition coefficient (Wildman–Crippen LogP) is 4.74. The molecule has 0 atom stereocenters. The van der Waals surface area contributed by atoms with E-state index in [0.717, 1.165) is 11.3 Å². The maximum Gasteiger partial charge on any atom is 0.234 e. The van der Waals surface area contributed by atoms with Crippen molar-refractivity contribution in [1.29, 1.82) is 0 Å². The number of ether oxygens (including phenoxy) is 1. The summed E-state index contributed by atoms with van der Waals surface area (Å²) in [5, 5.41) is 12.4. The van der Waals surface area contributed by atoms with Gasteiger partial charge in [-0.15, -0.1) is 16.8 Å². The maximum atomic E-state index is 12.2. The normalized spacial score (nSPS) is 10.6. The summed E-state index contributed by atoms with van der Waals surface area (Å²) in [6.07, 6.45) is 1.75. The summed E-state index contributed by atoms with van der Waals surface area (Å²) in [5.74, 6) is 1.33. The third-order valence-corrected chi connectivity index (χ3v) is 5.22. The van der Waals surface area contributed by atoms with E-state index in [4.69, 9.17) is 16.3 Å². The fourth-order valence-corrected chi connectivity index (χ4v) is 3.50. The lowest BCUT2D eigenvalue weighted by molar-refractivity contribution is -0.113. The number of hydrogen-bond acceptors (Lipinski definition) is 5. The van der Waals surface area contributed by atoms with Gasteiger partial charge in [-0.25, -0.2) is 0 Å². The van der Waals surface area contributed by atoms with Crippen molar-refractivity contribution in [2.45, 2.75) is 25.2 Å². The molecule has 0 saturated heterocycles. The van der Waals surface area contributed by atoms with Crippen molar-refractivity contribution in [3.05, 3.63) is 77.6 Å². The molecule has 6 nitrogen and oxygen atoms in total. The maximum absolute atomic E-state index is 12.2. The van der Waals surface area contributed by atoms with Crippen LogP contribution in [0.3, 0.4) is 0 Å². The van der Waals surface area contributed by atoms with E-state index in [0.29, 0.717) is 28.3 Å². The number of anilines is 1. The van der Waals surface area contributed by atoms with E-state index in [9.17, 15) is 4.79 Å². The SMILES string of the molecule is C=CCn1c(COc2cc(C)ccc2Cl)nnc1SCC(=O)Nc1ccccc1. The van der Waals surface area contributed by atoms with E-state index in [1.54, 1.807) is 12.1 Å². The Hall–Kier alpha value is -2.77. The average molecular weight is 429 g/mol. The molecule has 0 aliphatic heterocycles. The minimum Gasteiger partial charge on any atom is -0.484 e. The second-order valence-corrected chi connectivity index (χ2v) is 7.57. The van der Waals surface area contributed by atoms with Gasteiger partial charge in [0.15, 0.2) is 11.0 Å². The van der Waals surface area contributed by atoms with Crippen LogP contribution in [-0.2, 0) is 17.9 Å². The molecule has 1 N–H and O–H groups in total. The highest BCUT2D eigenvalue weighted by Crippen LogP contribution is 2.26. The first-order valence-corrected chi connectivity index (χ1v) is 10.3. The van der Waals surface area contributed by atoms with Crippen LogP contribution in [0.15, 0.2) is 66.3 Å². The summed E-state index contributed by atoms with van der Waals surface area (Å²) in [7, 11) is 0. The van der Waals surface area contributed by atoms with Crippen molar-refractivity contribution >= 4 is 35.0 Å². The third-order valence-electron chi connectivity index (χ3n) is 3.94. The molecule has 0 unspecified atom stereocenters. The van der Waals surface area contributed by atoms with Crippen LogP contribution >= 0.6 is 23.4 Å². The Labute approximate surface area is 178 Å².